The predicted octanol–water partition coefficient (Wildman–Crippen LogP) is 0.265. The maximum absolute atomic E-state index is 11.5. The smallest absolute Gasteiger partial charge is 0.233 e. The number of amides is 1. The molecule has 4 nitrogen and oxygen atoms in total. The second-order valence-corrected chi connectivity index (χ2v) is 5.32. The summed E-state index contributed by atoms with van der Waals surface area (Å²) in [6, 6.07) is 0. The molecule has 2 aliphatic rings. The second-order valence-electron chi connectivity index (χ2n) is 5.32. The van der Waals surface area contributed by atoms with E-state index in [2.05, 4.69) is 10.6 Å². The number of nitrogens with one attached hydrogen (secondary N) is 2. The first-order valence-electron chi connectivity index (χ1n) is 6.32. The minimum absolute atomic E-state index is 0.0878. The van der Waals surface area contributed by atoms with Crippen LogP contribution in [0.3, 0.4) is 0 Å². The molecule has 0 aromatic carbocycles. The molecule has 0 saturated heterocycles. The molecule has 2 aliphatic carbocycles. The standard InChI is InChI=1S/C12H22N2O2/c15-6-5-12(3-4-12)9-14-11(16)8-13-7-10-1-2-10/h10,13,15H,1-9H2,(H,14,16). The maximum Gasteiger partial charge on any atom is 0.233 e. The largest absolute Gasteiger partial charge is 0.396 e. The van der Waals surface area contributed by atoms with Crippen LogP contribution in [0.1, 0.15) is 32.1 Å². The zero-order chi connectivity index (χ0) is 11.4. The molecule has 0 unspecified atom stereocenters. The van der Waals surface area contributed by atoms with Gasteiger partial charge in [-0.15, -0.1) is 0 Å². The normalized spacial score (nSPS) is 21.8. The average molecular weight is 226 g/mol. The molecule has 3 N–H and O–H groups in total. The van der Waals surface area contributed by atoms with Crippen LogP contribution in [0.2, 0.25) is 0 Å². The van der Waals surface area contributed by atoms with Crippen molar-refractivity contribution in [3.63, 3.8) is 0 Å². The number of aliphatic hydroxyl groups is 1. The molecule has 0 radical (unpaired) electrons. The number of hydrogen-bond donors (Lipinski definition) is 3. The number of hydrogen-bond acceptors (Lipinski definition) is 3. The summed E-state index contributed by atoms with van der Waals surface area (Å²) in [5, 5.41) is 15.0. The quantitative estimate of drug-likeness (QED) is 0.556. The van der Waals surface area contributed by atoms with Crippen molar-refractivity contribution in [2.24, 2.45) is 11.3 Å². The summed E-state index contributed by atoms with van der Waals surface area (Å²) >= 11 is 0. The van der Waals surface area contributed by atoms with Crippen molar-refractivity contribution < 1.29 is 9.90 Å². The Morgan fingerprint density at radius 1 is 1.38 bits per heavy atom. The summed E-state index contributed by atoms with van der Waals surface area (Å²) in [4.78, 5) is 11.5. The topological polar surface area (TPSA) is 61.4 Å². The molecule has 2 fully saturated rings. The third-order valence-corrected chi connectivity index (χ3v) is 3.68. The van der Waals surface area contributed by atoms with Gasteiger partial charge in [-0.25, -0.2) is 0 Å². The van der Waals surface area contributed by atoms with Crippen molar-refractivity contribution in [2.45, 2.75) is 32.1 Å². The number of carbonyl (C=O) groups excluding carboxylic acids is 1. The highest BCUT2D eigenvalue weighted by Gasteiger charge is 2.41. The Kier molecular flexibility index (Phi) is 3.82. The van der Waals surface area contributed by atoms with E-state index in [9.17, 15) is 4.79 Å². The van der Waals surface area contributed by atoms with Gasteiger partial charge in [0, 0.05) is 13.2 Å². The molecule has 4 heteroatoms. The summed E-state index contributed by atoms with van der Waals surface area (Å²) in [6.45, 7) is 2.38. The van der Waals surface area contributed by atoms with E-state index in [1.807, 2.05) is 0 Å². The lowest BCUT2D eigenvalue weighted by molar-refractivity contribution is -0.120. The van der Waals surface area contributed by atoms with Crippen LogP contribution in [0.5, 0.6) is 0 Å². The number of carbonyl (C=O) groups is 1. The van der Waals surface area contributed by atoms with Crippen molar-refractivity contribution in [3.8, 4) is 0 Å². The zero-order valence-corrected chi connectivity index (χ0v) is 9.80. The SMILES string of the molecule is O=C(CNCC1CC1)NCC1(CCO)CC1. The highest BCUT2D eigenvalue weighted by Crippen LogP contribution is 2.47. The molecule has 1 amide bonds. The van der Waals surface area contributed by atoms with E-state index >= 15 is 0 Å². The van der Waals surface area contributed by atoms with Crippen molar-refractivity contribution in [2.75, 3.05) is 26.2 Å². The average Bonchev–Trinajstić information content (AvgIpc) is 3.12. The first-order valence-corrected chi connectivity index (χ1v) is 6.32. The van der Waals surface area contributed by atoms with Gasteiger partial charge in [0.05, 0.1) is 6.54 Å². The highest BCUT2D eigenvalue weighted by atomic mass is 16.3. The van der Waals surface area contributed by atoms with Crippen LogP contribution >= 0.6 is 0 Å². The molecule has 16 heavy (non-hydrogen) atoms. The molecule has 0 spiro atoms. The summed E-state index contributed by atoms with van der Waals surface area (Å²) in [5.41, 5.74) is 0.223. The van der Waals surface area contributed by atoms with E-state index in [1.165, 1.54) is 12.8 Å². The monoisotopic (exact) mass is 226 g/mol. The highest BCUT2D eigenvalue weighted by molar-refractivity contribution is 5.78. The molecule has 0 atom stereocenters. The molecule has 0 aliphatic heterocycles. The van der Waals surface area contributed by atoms with Crippen molar-refractivity contribution in [1.29, 1.82) is 0 Å². The van der Waals surface area contributed by atoms with Gasteiger partial charge in [0.15, 0.2) is 0 Å². The molecular formula is C12H22N2O2. The van der Waals surface area contributed by atoms with Gasteiger partial charge >= 0.3 is 0 Å². The van der Waals surface area contributed by atoms with Gasteiger partial charge in [0.2, 0.25) is 5.91 Å². The molecular weight excluding hydrogens is 204 g/mol. The van der Waals surface area contributed by atoms with Gasteiger partial charge in [-0.2, -0.15) is 0 Å². The lowest BCUT2D eigenvalue weighted by atomic mass is 10.0. The van der Waals surface area contributed by atoms with E-state index in [0.29, 0.717) is 6.54 Å². The van der Waals surface area contributed by atoms with Crippen LogP contribution in [-0.4, -0.2) is 37.3 Å². The molecule has 0 heterocycles. The van der Waals surface area contributed by atoms with Gasteiger partial charge in [-0.05, 0) is 50.0 Å². The predicted molar refractivity (Wildman–Crippen MR) is 62.0 cm³/mol. The molecule has 0 aromatic rings. The fourth-order valence-electron chi connectivity index (χ4n) is 1.99. The van der Waals surface area contributed by atoms with Gasteiger partial charge in [-0.1, -0.05) is 0 Å². The lowest BCUT2D eigenvalue weighted by Gasteiger charge is -2.14. The van der Waals surface area contributed by atoms with E-state index in [4.69, 9.17) is 5.11 Å². The molecule has 0 bridgehead atoms. The Morgan fingerprint density at radius 3 is 2.69 bits per heavy atom. The molecule has 0 aromatic heterocycles. The third-order valence-electron chi connectivity index (χ3n) is 3.68. The fourth-order valence-corrected chi connectivity index (χ4v) is 1.99. The third kappa shape index (κ3) is 3.76. The summed E-state index contributed by atoms with van der Waals surface area (Å²) in [5.74, 6) is 0.904. The molecule has 92 valence electrons. The number of aliphatic hydroxyl groups excluding tert-OH is 1. The van der Waals surface area contributed by atoms with Gasteiger partial charge in [0.25, 0.3) is 0 Å². The second kappa shape index (κ2) is 5.15. The van der Waals surface area contributed by atoms with Crippen molar-refractivity contribution in [1.82, 2.24) is 10.6 Å². The van der Waals surface area contributed by atoms with Crippen LogP contribution in [0, 0.1) is 11.3 Å². The van der Waals surface area contributed by atoms with Crippen LogP contribution in [0.15, 0.2) is 0 Å². The molecule has 2 rings (SSSR count). The Morgan fingerprint density at radius 2 is 2.12 bits per heavy atom. The Labute approximate surface area is 96.8 Å². The van der Waals surface area contributed by atoms with Crippen LogP contribution in [0.4, 0.5) is 0 Å². The van der Waals surface area contributed by atoms with Crippen LogP contribution < -0.4 is 10.6 Å². The van der Waals surface area contributed by atoms with Crippen molar-refractivity contribution in [3.05, 3.63) is 0 Å². The van der Waals surface area contributed by atoms with E-state index in [0.717, 1.165) is 38.3 Å². The maximum atomic E-state index is 11.5. The minimum atomic E-state index is 0.0878. The first kappa shape index (κ1) is 11.9. The number of rotatable bonds is 8. The minimum Gasteiger partial charge on any atom is -0.396 e. The summed E-state index contributed by atoms with van der Waals surface area (Å²) < 4.78 is 0. The van der Waals surface area contributed by atoms with E-state index < -0.39 is 0 Å². The summed E-state index contributed by atoms with van der Waals surface area (Å²) in [6.07, 6.45) is 5.73. The zero-order valence-electron chi connectivity index (χ0n) is 9.80. The lowest BCUT2D eigenvalue weighted by Crippen LogP contribution is -2.37. The van der Waals surface area contributed by atoms with Gasteiger partial charge in [0.1, 0.15) is 0 Å². The fraction of sp³-hybridized carbons (Fsp3) is 0.917. The van der Waals surface area contributed by atoms with Crippen molar-refractivity contribution >= 4 is 5.91 Å². The first-order chi connectivity index (χ1) is 7.74. The van der Waals surface area contributed by atoms with Crippen LogP contribution in [0.25, 0.3) is 0 Å². The van der Waals surface area contributed by atoms with Gasteiger partial charge in [-0.3, -0.25) is 4.79 Å². The Bertz CT molecular complexity index is 247. The summed E-state index contributed by atoms with van der Waals surface area (Å²) in [7, 11) is 0. The molecule has 2 saturated carbocycles. The van der Waals surface area contributed by atoms with Gasteiger partial charge < -0.3 is 15.7 Å². The van der Waals surface area contributed by atoms with E-state index in [-0.39, 0.29) is 17.9 Å². The van der Waals surface area contributed by atoms with Crippen LogP contribution in [-0.2, 0) is 4.79 Å². The Hall–Kier alpha value is -0.610. The van der Waals surface area contributed by atoms with E-state index in [1.54, 1.807) is 0 Å². The Balaban J connectivity index is 1.52.